The molecule has 0 aromatic rings. The van der Waals surface area contributed by atoms with Crippen molar-refractivity contribution >= 4 is 23.2 Å². The Morgan fingerprint density at radius 3 is 1.70 bits per heavy atom. The first kappa shape index (κ1) is 8.14. The van der Waals surface area contributed by atoms with E-state index in [4.69, 9.17) is 0 Å². The van der Waals surface area contributed by atoms with Gasteiger partial charge in [0, 0.05) is 0 Å². The van der Waals surface area contributed by atoms with Crippen molar-refractivity contribution < 1.29 is 17.6 Å². The van der Waals surface area contributed by atoms with Crippen LogP contribution in [0, 0.1) is 0 Å². The van der Waals surface area contributed by atoms with Gasteiger partial charge in [0.15, 0.2) is 5.83 Å². The van der Waals surface area contributed by atoms with Gasteiger partial charge in [0.1, 0.15) is 5.03 Å². The van der Waals surface area contributed by atoms with Gasteiger partial charge in [-0.25, -0.2) is 8.78 Å². The lowest BCUT2D eigenvalue weighted by Gasteiger charge is -2.34. The van der Waals surface area contributed by atoms with Crippen LogP contribution in [-0.2, 0) is 0 Å². The van der Waals surface area contributed by atoms with Crippen molar-refractivity contribution in [2.45, 2.75) is 11.1 Å². The molecule has 0 N–H and O–H groups in total. The summed E-state index contributed by atoms with van der Waals surface area (Å²) in [6.07, 6.45) is 0. The predicted octanol–water partition coefficient (Wildman–Crippen LogP) is 2.96. The van der Waals surface area contributed by atoms with Crippen molar-refractivity contribution in [1.29, 1.82) is 0 Å². The molecule has 0 saturated carbocycles. The molecule has 0 nitrogen and oxygen atoms in total. The molecule has 58 valence electrons. The molecule has 0 fully saturated rings. The lowest BCUT2D eigenvalue weighted by Crippen LogP contribution is -2.49. The number of hydrogen-bond acceptors (Lipinski definition) is 0. The van der Waals surface area contributed by atoms with Crippen LogP contribution in [0.25, 0.3) is 0 Å². The second-order valence-electron chi connectivity index (χ2n) is 1.78. The minimum Gasteiger partial charge on any atom is -0.211 e. The Morgan fingerprint density at radius 1 is 1.20 bits per heavy atom. The molecule has 1 aliphatic carbocycles. The molecule has 0 aromatic heterocycles. The molecule has 1 atom stereocenters. The lowest BCUT2D eigenvalue weighted by atomic mass is 10.0. The maximum atomic E-state index is 12.1. The summed E-state index contributed by atoms with van der Waals surface area (Å²) >= 11 is 9.01. The number of halogens is 6. The van der Waals surface area contributed by atoms with E-state index in [0.717, 1.165) is 0 Å². The zero-order valence-corrected chi connectivity index (χ0v) is 5.78. The maximum Gasteiger partial charge on any atom is 0.340 e. The summed E-state index contributed by atoms with van der Waals surface area (Å²) in [5.74, 6) is -5.89. The standard InChI is InChI=1S/C4Cl2F4/c5-1-2(7)3(6,8)4(1,9)10. The molecule has 0 spiro atoms. The van der Waals surface area contributed by atoms with E-state index >= 15 is 0 Å². The molecular formula is C4Cl2F4. The Kier molecular flexibility index (Phi) is 1.46. The molecule has 0 saturated heterocycles. The molecule has 6 heteroatoms. The van der Waals surface area contributed by atoms with Crippen molar-refractivity contribution in [3.63, 3.8) is 0 Å². The summed E-state index contributed by atoms with van der Waals surface area (Å²) in [6, 6.07) is 0. The van der Waals surface area contributed by atoms with Gasteiger partial charge in [-0.1, -0.05) is 23.2 Å². The normalized spacial score (nSPS) is 37.8. The molecule has 0 amide bonds. The average molecular weight is 195 g/mol. The number of rotatable bonds is 0. The predicted molar refractivity (Wildman–Crippen MR) is 28.6 cm³/mol. The SMILES string of the molecule is FC1=C(Cl)C(F)(F)C1(F)Cl. The van der Waals surface area contributed by atoms with Gasteiger partial charge in [-0.05, 0) is 0 Å². The van der Waals surface area contributed by atoms with Crippen LogP contribution in [0.2, 0.25) is 0 Å². The highest BCUT2D eigenvalue weighted by Gasteiger charge is 2.70. The van der Waals surface area contributed by atoms with Crippen LogP contribution in [0.5, 0.6) is 0 Å². The van der Waals surface area contributed by atoms with Crippen molar-refractivity contribution in [3.8, 4) is 0 Å². The third kappa shape index (κ3) is 0.636. The molecular weight excluding hydrogens is 195 g/mol. The molecule has 0 heterocycles. The molecule has 0 bridgehead atoms. The van der Waals surface area contributed by atoms with Gasteiger partial charge in [-0.15, -0.1) is 0 Å². The topological polar surface area (TPSA) is 0 Å². The Morgan fingerprint density at radius 2 is 1.60 bits per heavy atom. The van der Waals surface area contributed by atoms with Crippen LogP contribution in [0.1, 0.15) is 0 Å². The number of hydrogen-bond donors (Lipinski definition) is 0. The van der Waals surface area contributed by atoms with Gasteiger partial charge in [0.2, 0.25) is 0 Å². The van der Waals surface area contributed by atoms with E-state index in [1.807, 2.05) is 0 Å². The number of alkyl halides is 4. The molecule has 0 radical (unpaired) electrons. The first-order valence-electron chi connectivity index (χ1n) is 2.13. The average Bonchev–Trinajstić information content (AvgIpc) is 1.84. The molecule has 1 aliphatic rings. The second-order valence-corrected chi connectivity index (χ2v) is 2.68. The van der Waals surface area contributed by atoms with Crippen LogP contribution in [0.3, 0.4) is 0 Å². The van der Waals surface area contributed by atoms with Gasteiger partial charge in [-0.3, -0.25) is 0 Å². The minimum absolute atomic E-state index is 1.45. The first-order valence-corrected chi connectivity index (χ1v) is 2.89. The third-order valence-electron chi connectivity index (χ3n) is 1.14. The van der Waals surface area contributed by atoms with Gasteiger partial charge < -0.3 is 0 Å². The highest BCUT2D eigenvalue weighted by Crippen LogP contribution is 2.58. The fourth-order valence-corrected chi connectivity index (χ4v) is 1.03. The Labute approximate surface area is 63.4 Å². The second kappa shape index (κ2) is 1.80. The van der Waals surface area contributed by atoms with Crippen LogP contribution in [-0.4, -0.2) is 11.1 Å². The molecule has 1 rings (SSSR count). The fourth-order valence-electron chi connectivity index (χ4n) is 0.489. The zero-order chi connectivity index (χ0) is 8.15. The fraction of sp³-hybridized carbons (Fsp3) is 0.500. The van der Waals surface area contributed by atoms with E-state index < -0.39 is 21.9 Å². The van der Waals surface area contributed by atoms with Crippen molar-refractivity contribution in [1.82, 2.24) is 0 Å². The molecule has 1 unspecified atom stereocenters. The third-order valence-corrected chi connectivity index (χ3v) is 1.94. The van der Waals surface area contributed by atoms with Crippen molar-refractivity contribution in [2.24, 2.45) is 0 Å². The number of allylic oxidation sites excluding steroid dienone is 2. The van der Waals surface area contributed by atoms with Crippen LogP contribution >= 0.6 is 23.2 Å². The highest BCUT2D eigenvalue weighted by atomic mass is 35.5. The van der Waals surface area contributed by atoms with E-state index in [9.17, 15) is 17.6 Å². The van der Waals surface area contributed by atoms with Gasteiger partial charge in [-0.2, -0.15) is 8.78 Å². The van der Waals surface area contributed by atoms with E-state index in [2.05, 4.69) is 23.2 Å². The van der Waals surface area contributed by atoms with E-state index in [-0.39, 0.29) is 0 Å². The lowest BCUT2D eigenvalue weighted by molar-refractivity contribution is -0.0795. The molecule has 0 aliphatic heterocycles. The zero-order valence-electron chi connectivity index (χ0n) is 4.27. The largest absolute Gasteiger partial charge is 0.340 e. The molecule has 0 aromatic carbocycles. The highest BCUT2D eigenvalue weighted by molar-refractivity contribution is 6.37. The smallest absolute Gasteiger partial charge is 0.211 e. The summed E-state index contributed by atoms with van der Waals surface area (Å²) in [4.78, 5) is 0. The summed E-state index contributed by atoms with van der Waals surface area (Å²) in [6.45, 7) is 0. The first-order chi connectivity index (χ1) is 4.32. The van der Waals surface area contributed by atoms with Gasteiger partial charge in [0.25, 0.3) is 0 Å². The van der Waals surface area contributed by atoms with E-state index in [0.29, 0.717) is 0 Å². The monoisotopic (exact) mass is 194 g/mol. The summed E-state index contributed by atoms with van der Waals surface area (Å²) in [5.41, 5.74) is 0. The summed E-state index contributed by atoms with van der Waals surface area (Å²) in [7, 11) is 0. The maximum absolute atomic E-state index is 12.1. The summed E-state index contributed by atoms with van der Waals surface area (Å²) < 4.78 is 48.1. The van der Waals surface area contributed by atoms with Crippen molar-refractivity contribution in [3.05, 3.63) is 10.9 Å². The van der Waals surface area contributed by atoms with Gasteiger partial charge >= 0.3 is 11.1 Å². The van der Waals surface area contributed by atoms with Crippen LogP contribution in [0.4, 0.5) is 17.6 Å². The van der Waals surface area contributed by atoms with Crippen LogP contribution < -0.4 is 0 Å². The molecule has 10 heavy (non-hydrogen) atoms. The Hall–Kier alpha value is 0.0400. The van der Waals surface area contributed by atoms with E-state index in [1.54, 1.807) is 0 Å². The summed E-state index contributed by atoms with van der Waals surface area (Å²) in [5, 5.41) is -5.19. The van der Waals surface area contributed by atoms with Crippen LogP contribution in [0.15, 0.2) is 10.9 Å². The van der Waals surface area contributed by atoms with Crippen molar-refractivity contribution in [2.75, 3.05) is 0 Å². The minimum atomic E-state index is -4.08. The Balaban J connectivity index is 3.10. The quantitative estimate of drug-likeness (QED) is 0.411. The Bertz CT molecular complexity index is 185. The van der Waals surface area contributed by atoms with E-state index in [1.165, 1.54) is 0 Å². The van der Waals surface area contributed by atoms with Gasteiger partial charge in [0.05, 0.1) is 0 Å².